The topological polar surface area (TPSA) is 51.7 Å². The lowest BCUT2D eigenvalue weighted by atomic mass is 10.2. The van der Waals surface area contributed by atoms with E-state index in [0.29, 0.717) is 36.9 Å². The number of carbonyl (C=O) groups is 1. The van der Waals surface area contributed by atoms with E-state index in [-0.39, 0.29) is 5.91 Å². The summed E-state index contributed by atoms with van der Waals surface area (Å²) in [5.74, 6) is 0.674. The van der Waals surface area contributed by atoms with Crippen molar-refractivity contribution in [2.24, 2.45) is 0 Å². The average Bonchev–Trinajstić information content (AvgIpc) is 3.17. The van der Waals surface area contributed by atoms with Gasteiger partial charge in [0.1, 0.15) is 17.4 Å². The summed E-state index contributed by atoms with van der Waals surface area (Å²) in [4.78, 5) is 19.3. The van der Waals surface area contributed by atoms with E-state index >= 15 is 0 Å². The number of benzene rings is 2. The van der Waals surface area contributed by atoms with Gasteiger partial charge < -0.3 is 14.4 Å². The number of amides is 1. The van der Waals surface area contributed by atoms with E-state index in [4.69, 9.17) is 21.1 Å². The zero-order chi connectivity index (χ0) is 20.6. The summed E-state index contributed by atoms with van der Waals surface area (Å²) in [6.45, 7) is 1.71. The molecule has 0 bridgehead atoms. The number of aromatic nitrogens is 1. The van der Waals surface area contributed by atoms with Crippen molar-refractivity contribution in [1.82, 2.24) is 9.88 Å². The van der Waals surface area contributed by atoms with Gasteiger partial charge in [-0.3, -0.25) is 4.79 Å². The van der Waals surface area contributed by atoms with E-state index in [1.807, 2.05) is 35.7 Å². The summed E-state index contributed by atoms with van der Waals surface area (Å²) in [5.41, 5.74) is 1.45. The van der Waals surface area contributed by atoms with Crippen LogP contribution < -0.4 is 4.74 Å². The molecule has 3 aromatic rings. The van der Waals surface area contributed by atoms with Gasteiger partial charge in [-0.2, -0.15) is 0 Å². The van der Waals surface area contributed by atoms with E-state index in [0.717, 1.165) is 20.9 Å². The van der Waals surface area contributed by atoms with Crippen LogP contribution in [0.15, 0.2) is 58.4 Å². The Hall–Kier alpha value is -1.93. The fourth-order valence-corrected chi connectivity index (χ4v) is 3.84. The number of hydrogen-bond donors (Lipinski definition) is 0. The van der Waals surface area contributed by atoms with Crippen LogP contribution in [0, 0.1) is 0 Å². The van der Waals surface area contributed by atoms with Gasteiger partial charge >= 0.3 is 0 Å². The molecule has 152 valence electrons. The molecule has 0 aliphatic carbocycles. The molecule has 1 aromatic heterocycles. The van der Waals surface area contributed by atoms with Crippen LogP contribution in [0.3, 0.4) is 0 Å². The number of hydrogen-bond acceptors (Lipinski definition) is 5. The number of halogens is 2. The Morgan fingerprint density at radius 3 is 2.76 bits per heavy atom. The minimum atomic E-state index is -0.0599. The Balaban J connectivity index is 1.65. The molecule has 3 rings (SSSR count). The van der Waals surface area contributed by atoms with Crippen LogP contribution in [0.2, 0.25) is 5.02 Å². The summed E-state index contributed by atoms with van der Waals surface area (Å²) in [5, 5.41) is 3.46. The largest absolute Gasteiger partial charge is 0.486 e. The second-order valence-corrected chi connectivity index (χ2v) is 8.50. The third kappa shape index (κ3) is 6.54. The van der Waals surface area contributed by atoms with E-state index in [9.17, 15) is 4.79 Å². The highest BCUT2D eigenvalue weighted by molar-refractivity contribution is 9.10. The molecular weight excluding hydrogens is 476 g/mol. The molecular formula is C21H20BrClN2O3S. The molecule has 0 N–H and O–H groups in total. The molecule has 0 atom stereocenters. The normalized spacial score (nSPS) is 10.7. The molecule has 1 heterocycles. The number of nitrogens with zero attached hydrogens (tertiary/aromatic N) is 2. The summed E-state index contributed by atoms with van der Waals surface area (Å²) in [6, 6.07) is 14.6. The molecule has 0 saturated heterocycles. The highest BCUT2D eigenvalue weighted by atomic mass is 79.9. The van der Waals surface area contributed by atoms with E-state index in [2.05, 4.69) is 20.9 Å². The molecule has 29 heavy (non-hydrogen) atoms. The van der Waals surface area contributed by atoms with Gasteiger partial charge in [-0.1, -0.05) is 33.6 Å². The quantitative estimate of drug-likeness (QED) is 0.397. The molecule has 0 radical (unpaired) electrons. The number of carbonyl (C=O) groups excluding carboxylic acids is 1. The third-order valence-electron chi connectivity index (χ3n) is 4.05. The Kier molecular flexibility index (Phi) is 8.06. The zero-order valence-corrected chi connectivity index (χ0v) is 19.0. The molecule has 5 nitrogen and oxygen atoms in total. The molecule has 0 unspecified atom stereocenters. The molecule has 0 aliphatic rings. The Bertz CT molecular complexity index is 949. The molecule has 0 spiro atoms. The Morgan fingerprint density at radius 1 is 1.24 bits per heavy atom. The summed E-state index contributed by atoms with van der Waals surface area (Å²) in [6.07, 6.45) is 0. The van der Waals surface area contributed by atoms with Crippen molar-refractivity contribution in [1.29, 1.82) is 0 Å². The first kappa shape index (κ1) is 21.8. The predicted molar refractivity (Wildman–Crippen MR) is 119 cm³/mol. The van der Waals surface area contributed by atoms with Gasteiger partial charge in [-0.15, -0.1) is 11.3 Å². The molecule has 1 amide bonds. The number of methoxy groups -OCH3 is 1. The lowest BCUT2D eigenvalue weighted by Gasteiger charge is -2.21. The average molecular weight is 496 g/mol. The zero-order valence-electron chi connectivity index (χ0n) is 15.8. The second-order valence-electron chi connectivity index (χ2n) is 6.21. The smallest absolute Gasteiger partial charge is 0.254 e. The maximum absolute atomic E-state index is 12.9. The number of ether oxygens (including phenoxy) is 2. The number of thiazole rings is 1. The van der Waals surface area contributed by atoms with Crippen LogP contribution in [0.1, 0.15) is 21.1 Å². The Morgan fingerprint density at radius 2 is 2.03 bits per heavy atom. The summed E-state index contributed by atoms with van der Waals surface area (Å²) in [7, 11) is 1.62. The van der Waals surface area contributed by atoms with Crippen molar-refractivity contribution in [2.45, 2.75) is 13.2 Å². The van der Waals surface area contributed by atoms with Gasteiger partial charge in [0.05, 0.1) is 18.8 Å². The summed E-state index contributed by atoms with van der Waals surface area (Å²) < 4.78 is 11.8. The van der Waals surface area contributed by atoms with Crippen LogP contribution in [0.4, 0.5) is 0 Å². The maximum Gasteiger partial charge on any atom is 0.254 e. The SMILES string of the molecule is COCCN(Cc1csc(COc2ccc(Cl)cc2)n1)C(=O)c1cccc(Br)c1. The van der Waals surface area contributed by atoms with Crippen molar-refractivity contribution in [3.63, 3.8) is 0 Å². The first-order valence-electron chi connectivity index (χ1n) is 8.90. The van der Waals surface area contributed by atoms with Gasteiger partial charge in [0, 0.05) is 34.1 Å². The van der Waals surface area contributed by atoms with Crippen LogP contribution in [-0.2, 0) is 17.9 Å². The van der Waals surface area contributed by atoms with Gasteiger partial charge in [0.2, 0.25) is 0 Å². The van der Waals surface area contributed by atoms with Crippen molar-refractivity contribution < 1.29 is 14.3 Å². The molecule has 8 heteroatoms. The van der Waals surface area contributed by atoms with Crippen LogP contribution in [-0.4, -0.2) is 36.1 Å². The fraction of sp³-hybridized carbons (Fsp3) is 0.238. The van der Waals surface area contributed by atoms with Gasteiger partial charge in [0.15, 0.2) is 0 Å². The molecule has 0 fully saturated rings. The monoisotopic (exact) mass is 494 g/mol. The second kappa shape index (κ2) is 10.7. The molecule has 0 aliphatic heterocycles. The minimum Gasteiger partial charge on any atom is -0.486 e. The van der Waals surface area contributed by atoms with Gasteiger partial charge in [-0.05, 0) is 42.5 Å². The number of rotatable bonds is 9. The van der Waals surface area contributed by atoms with E-state index < -0.39 is 0 Å². The van der Waals surface area contributed by atoms with Crippen molar-refractivity contribution in [2.75, 3.05) is 20.3 Å². The van der Waals surface area contributed by atoms with Crippen LogP contribution >= 0.6 is 38.9 Å². The van der Waals surface area contributed by atoms with Crippen LogP contribution in [0.25, 0.3) is 0 Å². The maximum atomic E-state index is 12.9. The Labute approximate surface area is 187 Å². The third-order valence-corrected chi connectivity index (χ3v) is 5.67. The van der Waals surface area contributed by atoms with Gasteiger partial charge in [-0.25, -0.2) is 4.98 Å². The first-order chi connectivity index (χ1) is 14.0. The molecule has 2 aromatic carbocycles. The van der Waals surface area contributed by atoms with E-state index in [1.54, 1.807) is 30.2 Å². The summed E-state index contributed by atoms with van der Waals surface area (Å²) >= 11 is 10.8. The first-order valence-corrected chi connectivity index (χ1v) is 11.0. The standard InChI is InChI=1S/C21H20BrClN2O3S/c1-27-10-9-25(21(26)15-3-2-4-16(22)11-15)12-18-14-29-20(24-18)13-28-19-7-5-17(23)6-8-19/h2-8,11,14H,9-10,12-13H2,1H3. The van der Waals surface area contributed by atoms with Crippen molar-refractivity contribution >= 4 is 44.8 Å². The lowest BCUT2D eigenvalue weighted by Crippen LogP contribution is -2.33. The van der Waals surface area contributed by atoms with Gasteiger partial charge in [0.25, 0.3) is 5.91 Å². The van der Waals surface area contributed by atoms with E-state index in [1.165, 1.54) is 11.3 Å². The molecule has 0 saturated carbocycles. The lowest BCUT2D eigenvalue weighted by molar-refractivity contribution is 0.0678. The van der Waals surface area contributed by atoms with Crippen LogP contribution in [0.5, 0.6) is 5.75 Å². The van der Waals surface area contributed by atoms with Crippen molar-refractivity contribution in [3.05, 3.63) is 79.7 Å². The highest BCUT2D eigenvalue weighted by Crippen LogP contribution is 2.20. The minimum absolute atomic E-state index is 0.0599. The highest BCUT2D eigenvalue weighted by Gasteiger charge is 2.18. The predicted octanol–water partition coefficient (Wildman–Crippen LogP) is 5.43. The van der Waals surface area contributed by atoms with Crippen molar-refractivity contribution in [3.8, 4) is 5.75 Å². The fourth-order valence-electron chi connectivity index (χ4n) is 2.62.